The normalized spacial score (nSPS) is 20.4. The van der Waals surface area contributed by atoms with E-state index >= 15 is 0 Å². The Morgan fingerprint density at radius 3 is 2.58 bits per heavy atom. The number of carbonyl (C=O) groups excluding carboxylic acids is 2. The minimum Gasteiger partial charge on any atom is -0.488 e. The molecule has 1 aliphatic rings. The minimum absolute atomic E-state index is 0.0162. The molecule has 2 rings (SSSR count). The molecular formula is C22H36N4O6S. The Hall–Kier alpha value is -2.37. The van der Waals surface area contributed by atoms with Gasteiger partial charge >= 0.3 is 6.03 Å². The molecule has 1 aliphatic heterocycles. The molecule has 3 amide bonds. The summed E-state index contributed by atoms with van der Waals surface area (Å²) in [4.78, 5) is 26.9. The van der Waals surface area contributed by atoms with Crippen molar-refractivity contribution in [1.82, 2.24) is 14.5 Å². The molecule has 0 spiro atoms. The van der Waals surface area contributed by atoms with Gasteiger partial charge in [0.2, 0.25) is 15.9 Å². The number of anilines is 1. The van der Waals surface area contributed by atoms with E-state index in [1.54, 1.807) is 30.0 Å². The number of aliphatic hydroxyl groups excluding tert-OH is 1. The molecule has 0 aromatic heterocycles. The summed E-state index contributed by atoms with van der Waals surface area (Å²) in [5.41, 5.74) is 1.07. The summed E-state index contributed by atoms with van der Waals surface area (Å²) in [6.45, 7) is 7.56. The Labute approximate surface area is 196 Å². The molecular weight excluding hydrogens is 448 g/mol. The molecule has 3 N–H and O–H groups in total. The molecule has 3 atom stereocenters. The molecule has 10 nitrogen and oxygen atoms in total. The Morgan fingerprint density at radius 1 is 1.33 bits per heavy atom. The average Bonchev–Trinajstić information content (AvgIpc) is 2.74. The maximum Gasteiger partial charge on any atom is 0.319 e. The van der Waals surface area contributed by atoms with Gasteiger partial charge in [-0.15, -0.1) is 0 Å². The van der Waals surface area contributed by atoms with Crippen LogP contribution < -0.4 is 15.4 Å². The fourth-order valence-electron chi connectivity index (χ4n) is 3.54. The van der Waals surface area contributed by atoms with Gasteiger partial charge in [0.25, 0.3) is 0 Å². The van der Waals surface area contributed by atoms with Crippen LogP contribution in [0.1, 0.15) is 33.3 Å². The SMILES string of the molecule is CC(C)NC(=O)Nc1ccc2c(c1)CC(=O)N([C@@H](C)CO)C[C@@H](C)[C@@H](CN(C)S(C)(=O)=O)O2. The summed E-state index contributed by atoms with van der Waals surface area (Å²) in [5, 5.41) is 15.2. The van der Waals surface area contributed by atoms with Gasteiger partial charge in [-0.2, -0.15) is 0 Å². The van der Waals surface area contributed by atoms with Gasteiger partial charge in [0, 0.05) is 36.8 Å². The lowest BCUT2D eigenvalue weighted by Crippen LogP contribution is -2.48. The Bertz CT molecular complexity index is 952. The largest absolute Gasteiger partial charge is 0.488 e. The van der Waals surface area contributed by atoms with E-state index in [2.05, 4.69) is 10.6 Å². The molecule has 11 heteroatoms. The third-order valence-corrected chi connectivity index (χ3v) is 6.88. The predicted molar refractivity (Wildman–Crippen MR) is 127 cm³/mol. The number of likely N-dealkylation sites (N-methyl/N-ethyl adjacent to an activating group) is 1. The molecule has 0 saturated heterocycles. The van der Waals surface area contributed by atoms with Crippen LogP contribution in [0.15, 0.2) is 18.2 Å². The fourth-order valence-corrected chi connectivity index (χ4v) is 3.96. The standard InChI is InChI=1S/C22H36N4O6S/c1-14(2)23-22(29)24-18-7-8-19-17(9-18)10-21(28)26(16(4)13-27)11-15(3)20(32-19)12-25(5)33(6,30)31/h7-9,14-16,20,27H,10-13H2,1-6H3,(H2,23,24,29)/t15-,16+,20-/m1/s1. The zero-order chi connectivity index (χ0) is 24.9. The smallest absolute Gasteiger partial charge is 0.319 e. The number of hydrogen-bond acceptors (Lipinski definition) is 6. The van der Waals surface area contributed by atoms with E-state index in [1.807, 2.05) is 20.8 Å². The van der Waals surface area contributed by atoms with E-state index in [0.29, 0.717) is 23.5 Å². The summed E-state index contributed by atoms with van der Waals surface area (Å²) in [5.74, 6) is 0.0530. The van der Waals surface area contributed by atoms with Crippen LogP contribution in [-0.2, 0) is 21.2 Å². The molecule has 0 fully saturated rings. The molecule has 1 aromatic rings. The van der Waals surface area contributed by atoms with Crippen LogP contribution in [0.3, 0.4) is 0 Å². The van der Waals surface area contributed by atoms with Crippen molar-refractivity contribution in [2.24, 2.45) is 5.92 Å². The number of amides is 3. The molecule has 0 radical (unpaired) electrons. The first-order valence-electron chi connectivity index (χ1n) is 11.0. The lowest BCUT2D eigenvalue weighted by molar-refractivity contribution is -0.134. The Balaban J connectivity index is 2.43. The number of nitrogens with zero attached hydrogens (tertiary/aromatic N) is 2. The summed E-state index contributed by atoms with van der Waals surface area (Å²) < 4.78 is 31.5. The number of ether oxygens (including phenoxy) is 1. The Morgan fingerprint density at radius 2 is 2.00 bits per heavy atom. The topological polar surface area (TPSA) is 128 Å². The van der Waals surface area contributed by atoms with E-state index in [1.165, 1.54) is 11.4 Å². The molecule has 1 heterocycles. The highest BCUT2D eigenvalue weighted by Crippen LogP contribution is 2.29. The lowest BCUT2D eigenvalue weighted by Gasteiger charge is -2.33. The second-order valence-corrected chi connectivity index (χ2v) is 11.1. The van der Waals surface area contributed by atoms with Crippen molar-refractivity contribution in [1.29, 1.82) is 0 Å². The van der Waals surface area contributed by atoms with Gasteiger partial charge < -0.3 is 25.4 Å². The van der Waals surface area contributed by atoms with Gasteiger partial charge in [0.1, 0.15) is 11.9 Å². The summed E-state index contributed by atoms with van der Waals surface area (Å²) in [6.07, 6.45) is 0.609. The lowest BCUT2D eigenvalue weighted by atomic mass is 10.0. The van der Waals surface area contributed by atoms with E-state index in [9.17, 15) is 23.1 Å². The maximum absolute atomic E-state index is 13.1. The van der Waals surface area contributed by atoms with E-state index in [-0.39, 0.29) is 43.5 Å². The fraction of sp³-hybridized carbons (Fsp3) is 0.636. The van der Waals surface area contributed by atoms with Crippen molar-refractivity contribution >= 4 is 27.6 Å². The average molecular weight is 485 g/mol. The third kappa shape index (κ3) is 7.58. The summed E-state index contributed by atoms with van der Waals surface area (Å²) >= 11 is 0. The third-order valence-electron chi connectivity index (χ3n) is 5.60. The number of urea groups is 1. The van der Waals surface area contributed by atoms with Gasteiger partial charge in [-0.1, -0.05) is 6.92 Å². The van der Waals surface area contributed by atoms with Crippen molar-refractivity contribution in [3.05, 3.63) is 23.8 Å². The van der Waals surface area contributed by atoms with Gasteiger partial charge in [-0.3, -0.25) is 4.79 Å². The number of rotatable bonds is 7. The van der Waals surface area contributed by atoms with Crippen LogP contribution in [0.25, 0.3) is 0 Å². The number of fused-ring (bicyclic) bond motifs is 1. The van der Waals surface area contributed by atoms with Gasteiger partial charge in [-0.05, 0) is 39.0 Å². The molecule has 33 heavy (non-hydrogen) atoms. The van der Waals surface area contributed by atoms with Gasteiger partial charge in [0.15, 0.2) is 0 Å². The number of aliphatic hydroxyl groups is 1. The van der Waals surface area contributed by atoms with E-state index in [4.69, 9.17) is 4.74 Å². The molecule has 1 aromatic carbocycles. The first kappa shape index (κ1) is 26.9. The minimum atomic E-state index is -3.43. The van der Waals surface area contributed by atoms with Crippen LogP contribution >= 0.6 is 0 Å². The second kappa shape index (κ2) is 11.2. The van der Waals surface area contributed by atoms with E-state index < -0.39 is 22.2 Å². The summed E-state index contributed by atoms with van der Waals surface area (Å²) in [7, 11) is -1.95. The second-order valence-electron chi connectivity index (χ2n) is 9.01. The maximum atomic E-state index is 13.1. The van der Waals surface area contributed by atoms with E-state index in [0.717, 1.165) is 6.26 Å². The number of hydrogen-bond donors (Lipinski definition) is 3. The first-order valence-corrected chi connectivity index (χ1v) is 12.8. The van der Waals surface area contributed by atoms with Crippen molar-refractivity contribution < 1.29 is 27.9 Å². The van der Waals surface area contributed by atoms with Gasteiger partial charge in [-0.25, -0.2) is 17.5 Å². The Kier molecular flexibility index (Phi) is 9.10. The molecule has 0 unspecified atom stereocenters. The number of carbonyl (C=O) groups is 2. The number of sulfonamides is 1. The molecule has 0 bridgehead atoms. The summed E-state index contributed by atoms with van der Waals surface area (Å²) in [6, 6.07) is 4.23. The molecule has 0 aliphatic carbocycles. The van der Waals surface area contributed by atoms with Crippen molar-refractivity contribution in [2.45, 2.75) is 52.3 Å². The molecule has 186 valence electrons. The van der Waals surface area contributed by atoms with Crippen molar-refractivity contribution in [3.8, 4) is 5.75 Å². The highest BCUT2D eigenvalue weighted by molar-refractivity contribution is 7.88. The number of benzene rings is 1. The van der Waals surface area contributed by atoms with Crippen molar-refractivity contribution in [2.75, 3.05) is 38.3 Å². The zero-order valence-electron chi connectivity index (χ0n) is 20.2. The van der Waals surface area contributed by atoms with Crippen LogP contribution in [0.4, 0.5) is 10.5 Å². The highest BCUT2D eigenvalue weighted by atomic mass is 32.2. The monoisotopic (exact) mass is 484 g/mol. The quantitative estimate of drug-likeness (QED) is 0.535. The van der Waals surface area contributed by atoms with Crippen molar-refractivity contribution in [3.63, 3.8) is 0 Å². The van der Waals surface area contributed by atoms with Crippen LogP contribution in [0.5, 0.6) is 5.75 Å². The number of nitrogens with one attached hydrogen (secondary N) is 2. The molecule has 0 saturated carbocycles. The van der Waals surface area contributed by atoms with Crippen LogP contribution in [0.2, 0.25) is 0 Å². The van der Waals surface area contributed by atoms with Crippen LogP contribution in [-0.4, -0.2) is 85.9 Å². The highest BCUT2D eigenvalue weighted by Gasteiger charge is 2.32. The predicted octanol–water partition coefficient (Wildman–Crippen LogP) is 1.26. The zero-order valence-corrected chi connectivity index (χ0v) is 21.0. The van der Waals surface area contributed by atoms with Gasteiger partial charge in [0.05, 0.1) is 31.9 Å². The van der Waals surface area contributed by atoms with Crippen LogP contribution in [0, 0.1) is 5.92 Å². The first-order chi connectivity index (χ1) is 15.3.